The van der Waals surface area contributed by atoms with Gasteiger partial charge in [-0.05, 0) is 36.4 Å². The Labute approximate surface area is 125 Å². The first kappa shape index (κ1) is 13.5. The van der Waals surface area contributed by atoms with Gasteiger partial charge in [-0.2, -0.15) is 0 Å². The number of ether oxygens (including phenoxy) is 1. The smallest absolute Gasteiger partial charge is 0.335 e. The Morgan fingerprint density at radius 1 is 1.19 bits per heavy atom. The van der Waals surface area contributed by atoms with E-state index in [1.807, 2.05) is 12.1 Å². The highest BCUT2D eigenvalue weighted by molar-refractivity contribution is 6.32. The predicted molar refractivity (Wildman–Crippen MR) is 79.0 cm³/mol. The largest absolute Gasteiger partial charge is 0.484 e. The molecule has 0 aliphatic heterocycles. The van der Waals surface area contributed by atoms with Crippen molar-refractivity contribution in [1.29, 1.82) is 0 Å². The van der Waals surface area contributed by atoms with Crippen LogP contribution in [0.3, 0.4) is 0 Å². The number of halogens is 1. The minimum absolute atomic E-state index is 0.223. The topological polar surface area (TPSA) is 59.7 Å². The molecule has 1 heterocycles. The van der Waals surface area contributed by atoms with Gasteiger partial charge in [-0.15, -0.1) is 0 Å². The quantitative estimate of drug-likeness (QED) is 0.777. The fraction of sp³-hybridized carbons (Fsp3) is 0.0625. The second-order valence-electron chi connectivity index (χ2n) is 4.49. The van der Waals surface area contributed by atoms with Gasteiger partial charge < -0.3 is 14.3 Å². The van der Waals surface area contributed by atoms with E-state index in [9.17, 15) is 4.79 Å². The van der Waals surface area contributed by atoms with Crippen LogP contribution in [-0.2, 0) is 6.61 Å². The van der Waals surface area contributed by atoms with Crippen molar-refractivity contribution >= 4 is 28.5 Å². The lowest BCUT2D eigenvalue weighted by Crippen LogP contribution is -1.94. The molecule has 2 aromatic carbocycles. The first-order valence-corrected chi connectivity index (χ1v) is 6.64. The maximum absolute atomic E-state index is 10.9. The van der Waals surface area contributed by atoms with Crippen LogP contribution in [-0.4, -0.2) is 11.1 Å². The van der Waals surface area contributed by atoms with Crippen molar-refractivity contribution in [2.24, 2.45) is 0 Å². The number of rotatable bonds is 4. The van der Waals surface area contributed by atoms with Crippen LogP contribution in [0.1, 0.15) is 16.1 Å². The minimum atomic E-state index is -0.966. The van der Waals surface area contributed by atoms with Gasteiger partial charge in [0.05, 0.1) is 10.6 Å². The molecule has 0 saturated heterocycles. The molecule has 3 aromatic rings. The summed E-state index contributed by atoms with van der Waals surface area (Å²) in [5.74, 6) is 0.213. The average Bonchev–Trinajstić information content (AvgIpc) is 2.88. The van der Waals surface area contributed by atoms with E-state index in [0.29, 0.717) is 22.1 Å². The van der Waals surface area contributed by atoms with Crippen molar-refractivity contribution in [2.75, 3.05) is 0 Å². The lowest BCUT2D eigenvalue weighted by Gasteiger charge is -2.05. The van der Waals surface area contributed by atoms with Crippen molar-refractivity contribution in [3.8, 4) is 5.75 Å². The average molecular weight is 303 g/mol. The van der Waals surface area contributed by atoms with Crippen LogP contribution in [0.4, 0.5) is 0 Å². The Morgan fingerprint density at radius 2 is 2.00 bits per heavy atom. The van der Waals surface area contributed by atoms with E-state index in [1.54, 1.807) is 30.3 Å². The number of benzene rings is 2. The number of carbonyl (C=O) groups is 1. The van der Waals surface area contributed by atoms with Gasteiger partial charge in [0, 0.05) is 5.39 Å². The zero-order chi connectivity index (χ0) is 14.8. The molecule has 0 aliphatic rings. The van der Waals surface area contributed by atoms with Gasteiger partial charge in [0.1, 0.15) is 23.7 Å². The van der Waals surface area contributed by atoms with E-state index < -0.39 is 5.97 Å². The van der Waals surface area contributed by atoms with Gasteiger partial charge in [0.2, 0.25) is 0 Å². The summed E-state index contributed by atoms with van der Waals surface area (Å²) < 4.78 is 11.2. The normalized spacial score (nSPS) is 10.7. The summed E-state index contributed by atoms with van der Waals surface area (Å²) in [5, 5.41) is 10.2. The van der Waals surface area contributed by atoms with Gasteiger partial charge in [0.25, 0.3) is 0 Å². The molecule has 4 nitrogen and oxygen atoms in total. The van der Waals surface area contributed by atoms with Crippen LogP contribution in [0.2, 0.25) is 5.02 Å². The molecule has 0 bridgehead atoms. The van der Waals surface area contributed by atoms with Crippen molar-refractivity contribution in [1.82, 2.24) is 0 Å². The van der Waals surface area contributed by atoms with Crippen molar-refractivity contribution in [3.05, 3.63) is 64.9 Å². The van der Waals surface area contributed by atoms with Crippen LogP contribution >= 0.6 is 11.6 Å². The molecule has 0 saturated carbocycles. The minimum Gasteiger partial charge on any atom is -0.484 e. The Hall–Kier alpha value is -2.46. The lowest BCUT2D eigenvalue weighted by atomic mass is 10.1. The number of hydrogen-bond acceptors (Lipinski definition) is 3. The molecule has 5 heteroatoms. The fourth-order valence-electron chi connectivity index (χ4n) is 2.01. The molecule has 0 atom stereocenters. The molecule has 0 spiro atoms. The summed E-state index contributed by atoms with van der Waals surface area (Å²) in [5.41, 5.74) is 0.847. The maximum atomic E-state index is 10.9. The number of carboxylic acids is 1. The first-order chi connectivity index (χ1) is 10.1. The monoisotopic (exact) mass is 302 g/mol. The maximum Gasteiger partial charge on any atom is 0.335 e. The molecule has 21 heavy (non-hydrogen) atoms. The SMILES string of the molecule is O=C(O)c1ccc2oc(COc3ccccc3Cl)cc2c1. The van der Waals surface area contributed by atoms with E-state index in [2.05, 4.69) is 0 Å². The van der Waals surface area contributed by atoms with Gasteiger partial charge in [0.15, 0.2) is 0 Å². The summed E-state index contributed by atoms with van der Waals surface area (Å²) in [6.07, 6.45) is 0. The highest BCUT2D eigenvalue weighted by Crippen LogP contribution is 2.26. The molecule has 106 valence electrons. The summed E-state index contributed by atoms with van der Waals surface area (Å²) in [6, 6.07) is 13.6. The Kier molecular flexibility index (Phi) is 3.54. The second-order valence-corrected chi connectivity index (χ2v) is 4.90. The van der Waals surface area contributed by atoms with Crippen LogP contribution in [0.15, 0.2) is 52.9 Å². The van der Waals surface area contributed by atoms with Gasteiger partial charge >= 0.3 is 5.97 Å². The van der Waals surface area contributed by atoms with Crippen LogP contribution in [0.5, 0.6) is 5.75 Å². The molecule has 0 radical (unpaired) electrons. The number of para-hydroxylation sites is 1. The molecule has 1 aromatic heterocycles. The molecule has 0 unspecified atom stereocenters. The third kappa shape index (κ3) is 2.85. The van der Waals surface area contributed by atoms with Gasteiger partial charge in [-0.3, -0.25) is 0 Å². The summed E-state index contributed by atoms with van der Waals surface area (Å²) in [6.45, 7) is 0.223. The molecule has 0 aliphatic carbocycles. The number of hydrogen-bond donors (Lipinski definition) is 1. The van der Waals surface area contributed by atoms with Crippen molar-refractivity contribution in [2.45, 2.75) is 6.61 Å². The number of furan rings is 1. The van der Waals surface area contributed by atoms with Crippen LogP contribution in [0, 0.1) is 0 Å². The zero-order valence-electron chi connectivity index (χ0n) is 10.9. The first-order valence-electron chi connectivity index (χ1n) is 6.26. The van der Waals surface area contributed by atoms with Gasteiger partial charge in [-0.1, -0.05) is 23.7 Å². The number of fused-ring (bicyclic) bond motifs is 1. The van der Waals surface area contributed by atoms with E-state index in [1.165, 1.54) is 6.07 Å². The molecule has 3 rings (SSSR count). The summed E-state index contributed by atoms with van der Waals surface area (Å²) >= 11 is 6.00. The standard InChI is InChI=1S/C16H11ClO4/c17-13-3-1-2-4-15(13)20-9-12-8-11-7-10(16(18)19)5-6-14(11)21-12/h1-8H,9H2,(H,18,19). The van der Waals surface area contributed by atoms with E-state index >= 15 is 0 Å². The predicted octanol–water partition coefficient (Wildman–Crippen LogP) is 4.36. The fourth-order valence-corrected chi connectivity index (χ4v) is 2.20. The Balaban J connectivity index is 1.82. The van der Waals surface area contributed by atoms with Crippen LogP contribution in [0.25, 0.3) is 11.0 Å². The highest BCUT2D eigenvalue weighted by atomic mass is 35.5. The van der Waals surface area contributed by atoms with Gasteiger partial charge in [-0.25, -0.2) is 4.79 Å². The third-order valence-corrected chi connectivity index (χ3v) is 3.33. The summed E-state index contributed by atoms with van der Waals surface area (Å²) in [7, 11) is 0. The van der Waals surface area contributed by atoms with E-state index in [-0.39, 0.29) is 12.2 Å². The Bertz CT molecular complexity index is 807. The third-order valence-electron chi connectivity index (χ3n) is 3.02. The second kappa shape index (κ2) is 5.50. The number of aromatic carboxylic acids is 1. The summed E-state index contributed by atoms with van der Waals surface area (Å²) in [4.78, 5) is 10.9. The van der Waals surface area contributed by atoms with E-state index in [4.69, 9.17) is 25.9 Å². The number of carboxylic acid groups (broad SMARTS) is 1. The van der Waals surface area contributed by atoms with E-state index in [0.717, 1.165) is 5.39 Å². The highest BCUT2D eigenvalue weighted by Gasteiger charge is 2.09. The van der Waals surface area contributed by atoms with Crippen molar-refractivity contribution in [3.63, 3.8) is 0 Å². The molecule has 0 amide bonds. The zero-order valence-corrected chi connectivity index (χ0v) is 11.6. The van der Waals surface area contributed by atoms with Crippen molar-refractivity contribution < 1.29 is 19.1 Å². The molecule has 0 fully saturated rings. The van der Waals surface area contributed by atoms with Crippen LogP contribution < -0.4 is 4.74 Å². The molecular weight excluding hydrogens is 292 g/mol. The molecule has 1 N–H and O–H groups in total. The lowest BCUT2D eigenvalue weighted by molar-refractivity contribution is 0.0697. The molecular formula is C16H11ClO4. The Morgan fingerprint density at radius 3 is 2.76 bits per heavy atom.